The first-order chi connectivity index (χ1) is 7.43. The highest BCUT2D eigenvalue weighted by molar-refractivity contribution is 9.10. The SMILES string of the molecule is CC1(C)CCCCC1(N)Cc1cc(Br)cs1. The van der Waals surface area contributed by atoms with Crippen molar-refractivity contribution in [1.82, 2.24) is 0 Å². The normalized spacial score (nSPS) is 29.2. The van der Waals surface area contributed by atoms with Gasteiger partial charge in [-0.25, -0.2) is 0 Å². The molecule has 1 heterocycles. The zero-order valence-electron chi connectivity index (χ0n) is 10.1. The highest BCUT2D eigenvalue weighted by Gasteiger charge is 2.43. The van der Waals surface area contributed by atoms with Crippen LogP contribution in [0.4, 0.5) is 0 Å². The van der Waals surface area contributed by atoms with Gasteiger partial charge in [0.2, 0.25) is 0 Å². The molecule has 0 spiro atoms. The van der Waals surface area contributed by atoms with E-state index < -0.39 is 0 Å². The molecule has 2 N–H and O–H groups in total. The van der Waals surface area contributed by atoms with Crippen LogP contribution in [0.15, 0.2) is 15.9 Å². The van der Waals surface area contributed by atoms with E-state index in [-0.39, 0.29) is 11.0 Å². The summed E-state index contributed by atoms with van der Waals surface area (Å²) < 4.78 is 1.18. The minimum Gasteiger partial charge on any atom is -0.324 e. The predicted octanol–water partition coefficient (Wildman–Crippen LogP) is 4.35. The minimum atomic E-state index is -0.0183. The van der Waals surface area contributed by atoms with Gasteiger partial charge >= 0.3 is 0 Å². The van der Waals surface area contributed by atoms with Gasteiger partial charge in [0, 0.05) is 26.7 Å². The van der Waals surface area contributed by atoms with Crippen LogP contribution in [-0.4, -0.2) is 5.54 Å². The zero-order chi connectivity index (χ0) is 11.8. The third-order valence-electron chi connectivity index (χ3n) is 4.13. The minimum absolute atomic E-state index is 0.0183. The maximum Gasteiger partial charge on any atom is 0.0285 e. The number of rotatable bonds is 2. The summed E-state index contributed by atoms with van der Waals surface area (Å²) >= 11 is 5.33. The third-order valence-corrected chi connectivity index (χ3v) is 5.83. The highest BCUT2D eigenvalue weighted by atomic mass is 79.9. The van der Waals surface area contributed by atoms with Gasteiger partial charge in [-0.05, 0) is 40.3 Å². The maximum atomic E-state index is 6.67. The van der Waals surface area contributed by atoms with Crippen LogP contribution in [0.1, 0.15) is 44.4 Å². The van der Waals surface area contributed by atoms with Gasteiger partial charge in [-0.1, -0.05) is 26.7 Å². The van der Waals surface area contributed by atoms with Crippen LogP contribution in [0.5, 0.6) is 0 Å². The monoisotopic (exact) mass is 301 g/mol. The Hall–Kier alpha value is 0.140. The van der Waals surface area contributed by atoms with Crippen LogP contribution in [0.2, 0.25) is 0 Å². The van der Waals surface area contributed by atoms with E-state index in [2.05, 4.69) is 41.2 Å². The number of nitrogens with two attached hydrogens (primary N) is 1. The molecule has 0 radical (unpaired) electrons. The van der Waals surface area contributed by atoms with Gasteiger partial charge in [-0.15, -0.1) is 11.3 Å². The van der Waals surface area contributed by atoms with Crippen molar-refractivity contribution in [2.45, 2.75) is 51.5 Å². The Morgan fingerprint density at radius 3 is 2.62 bits per heavy atom. The summed E-state index contributed by atoms with van der Waals surface area (Å²) in [5.74, 6) is 0. The van der Waals surface area contributed by atoms with Crippen molar-refractivity contribution in [2.24, 2.45) is 11.1 Å². The Labute approximate surface area is 111 Å². The second-order valence-corrected chi connectivity index (χ2v) is 7.57. The van der Waals surface area contributed by atoms with Gasteiger partial charge in [0.1, 0.15) is 0 Å². The van der Waals surface area contributed by atoms with E-state index in [0.29, 0.717) is 0 Å². The van der Waals surface area contributed by atoms with Gasteiger partial charge in [0.15, 0.2) is 0 Å². The molecule has 1 aliphatic rings. The predicted molar refractivity (Wildman–Crippen MR) is 74.9 cm³/mol. The topological polar surface area (TPSA) is 26.0 Å². The molecule has 0 aromatic carbocycles. The molecule has 1 aromatic heterocycles. The molecule has 0 saturated heterocycles. The Morgan fingerprint density at radius 1 is 1.38 bits per heavy atom. The first kappa shape index (κ1) is 12.6. The molecule has 1 unspecified atom stereocenters. The van der Waals surface area contributed by atoms with E-state index in [1.165, 1.54) is 28.6 Å². The van der Waals surface area contributed by atoms with E-state index in [0.717, 1.165) is 12.8 Å². The van der Waals surface area contributed by atoms with Crippen molar-refractivity contribution < 1.29 is 0 Å². The van der Waals surface area contributed by atoms with Crippen LogP contribution in [0, 0.1) is 5.41 Å². The number of hydrogen-bond acceptors (Lipinski definition) is 2. The molecular formula is C13H20BrNS. The molecule has 0 aliphatic heterocycles. The molecule has 1 nitrogen and oxygen atoms in total. The lowest BCUT2D eigenvalue weighted by molar-refractivity contribution is 0.0998. The van der Waals surface area contributed by atoms with Crippen molar-refractivity contribution in [3.63, 3.8) is 0 Å². The van der Waals surface area contributed by atoms with Crippen LogP contribution >= 0.6 is 27.3 Å². The molecule has 90 valence electrons. The Bertz CT molecular complexity index is 372. The first-order valence-electron chi connectivity index (χ1n) is 5.95. The standard InChI is InChI=1S/C13H20BrNS/c1-12(2)5-3-4-6-13(12,15)8-11-7-10(14)9-16-11/h7,9H,3-6,8,15H2,1-2H3. The van der Waals surface area contributed by atoms with E-state index in [4.69, 9.17) is 5.73 Å². The Morgan fingerprint density at radius 2 is 2.06 bits per heavy atom. The highest BCUT2D eigenvalue weighted by Crippen LogP contribution is 2.44. The largest absolute Gasteiger partial charge is 0.324 e. The maximum absolute atomic E-state index is 6.67. The average molecular weight is 302 g/mol. The van der Waals surface area contributed by atoms with Gasteiger partial charge in [-0.3, -0.25) is 0 Å². The molecule has 3 heteroatoms. The van der Waals surface area contributed by atoms with E-state index >= 15 is 0 Å². The number of halogens is 1. The van der Waals surface area contributed by atoms with Crippen molar-refractivity contribution in [3.8, 4) is 0 Å². The Balaban J connectivity index is 2.17. The molecular weight excluding hydrogens is 282 g/mol. The summed E-state index contributed by atoms with van der Waals surface area (Å²) in [6.07, 6.45) is 6.06. The first-order valence-corrected chi connectivity index (χ1v) is 7.62. The van der Waals surface area contributed by atoms with Gasteiger partial charge in [0.25, 0.3) is 0 Å². The summed E-state index contributed by atoms with van der Waals surface area (Å²) in [4.78, 5) is 1.41. The van der Waals surface area contributed by atoms with Gasteiger partial charge in [0.05, 0.1) is 0 Å². The lowest BCUT2D eigenvalue weighted by Crippen LogP contribution is -2.56. The molecule has 1 atom stereocenters. The quantitative estimate of drug-likeness (QED) is 0.863. The van der Waals surface area contributed by atoms with Gasteiger partial charge in [-0.2, -0.15) is 0 Å². The summed E-state index contributed by atoms with van der Waals surface area (Å²) in [6.45, 7) is 4.66. The van der Waals surface area contributed by atoms with Crippen LogP contribution in [0.3, 0.4) is 0 Å². The molecule has 1 fully saturated rings. The van der Waals surface area contributed by atoms with E-state index in [9.17, 15) is 0 Å². The fraction of sp³-hybridized carbons (Fsp3) is 0.692. The fourth-order valence-electron chi connectivity index (χ4n) is 2.68. The van der Waals surface area contributed by atoms with Crippen molar-refractivity contribution in [3.05, 3.63) is 20.8 Å². The molecule has 1 saturated carbocycles. The van der Waals surface area contributed by atoms with E-state index in [1.807, 2.05) is 11.3 Å². The number of hydrogen-bond donors (Lipinski definition) is 1. The molecule has 16 heavy (non-hydrogen) atoms. The van der Waals surface area contributed by atoms with Crippen LogP contribution < -0.4 is 5.73 Å². The second-order valence-electron chi connectivity index (χ2n) is 5.66. The summed E-state index contributed by atoms with van der Waals surface area (Å²) in [5, 5.41) is 2.15. The summed E-state index contributed by atoms with van der Waals surface area (Å²) in [6, 6.07) is 2.21. The fourth-order valence-corrected chi connectivity index (χ4v) is 4.26. The second kappa shape index (κ2) is 4.43. The summed E-state index contributed by atoms with van der Waals surface area (Å²) in [7, 11) is 0. The third kappa shape index (κ3) is 2.36. The van der Waals surface area contributed by atoms with Crippen molar-refractivity contribution in [1.29, 1.82) is 0 Å². The Kier molecular flexibility index (Phi) is 3.49. The molecule has 1 aromatic rings. The molecule has 0 bridgehead atoms. The number of thiophene rings is 1. The smallest absolute Gasteiger partial charge is 0.0285 e. The lowest BCUT2D eigenvalue weighted by atomic mass is 9.62. The lowest BCUT2D eigenvalue weighted by Gasteiger charge is -2.48. The molecule has 2 rings (SSSR count). The molecule has 0 amide bonds. The molecule has 1 aliphatic carbocycles. The van der Waals surface area contributed by atoms with E-state index in [1.54, 1.807) is 0 Å². The van der Waals surface area contributed by atoms with Crippen LogP contribution in [0.25, 0.3) is 0 Å². The van der Waals surface area contributed by atoms with Crippen molar-refractivity contribution in [2.75, 3.05) is 0 Å². The zero-order valence-corrected chi connectivity index (χ0v) is 12.5. The van der Waals surface area contributed by atoms with Crippen LogP contribution in [-0.2, 0) is 6.42 Å². The van der Waals surface area contributed by atoms with Crippen molar-refractivity contribution >= 4 is 27.3 Å². The summed E-state index contributed by atoms with van der Waals surface area (Å²) in [5.41, 5.74) is 6.92. The van der Waals surface area contributed by atoms with Gasteiger partial charge < -0.3 is 5.73 Å². The average Bonchev–Trinajstić information content (AvgIpc) is 2.57.